The largest absolute Gasteiger partial charge is 0.493 e. The van der Waals surface area contributed by atoms with Crippen molar-refractivity contribution in [2.75, 3.05) is 51.8 Å². The number of nitrogens with zero attached hydrogens (tertiary/aromatic N) is 2. The number of hydrogen-bond acceptors (Lipinski definition) is 7. The highest BCUT2D eigenvalue weighted by Gasteiger charge is 2.27. The molecule has 0 bridgehead atoms. The second kappa shape index (κ2) is 12.3. The van der Waals surface area contributed by atoms with Crippen molar-refractivity contribution in [1.82, 2.24) is 15.6 Å². The molecule has 1 aliphatic carbocycles. The molecule has 1 saturated carbocycles. The molecule has 0 aromatic heterocycles. The van der Waals surface area contributed by atoms with Crippen LogP contribution in [0.25, 0.3) is 0 Å². The molecule has 1 aliphatic heterocycles. The number of anilines is 1. The molecule has 1 atom stereocenters. The zero-order valence-corrected chi connectivity index (χ0v) is 22.1. The van der Waals surface area contributed by atoms with Gasteiger partial charge in [0.2, 0.25) is 5.91 Å². The maximum Gasteiger partial charge on any atom is 0.252 e. The SMILES string of the molecule is COc1ccc([C@@H](C)NC(=O)c2cc(N3CCN(CC4CC4)CC3)ccc2CCC(=O)NN)cc1OC. The molecule has 1 heterocycles. The molecule has 4 rings (SSSR count). The van der Waals surface area contributed by atoms with Crippen LogP contribution in [0.2, 0.25) is 0 Å². The third-order valence-corrected chi connectivity index (χ3v) is 7.33. The van der Waals surface area contributed by atoms with Crippen molar-refractivity contribution >= 4 is 17.5 Å². The van der Waals surface area contributed by atoms with Crippen LogP contribution >= 0.6 is 0 Å². The van der Waals surface area contributed by atoms with E-state index >= 15 is 0 Å². The van der Waals surface area contributed by atoms with Crippen LogP contribution in [0, 0.1) is 5.92 Å². The summed E-state index contributed by atoms with van der Waals surface area (Å²) in [6.07, 6.45) is 3.36. The lowest BCUT2D eigenvalue weighted by Gasteiger charge is -2.36. The number of piperazine rings is 1. The quantitative estimate of drug-likeness (QED) is 0.243. The Balaban J connectivity index is 1.50. The summed E-state index contributed by atoms with van der Waals surface area (Å²) in [4.78, 5) is 30.2. The maximum absolute atomic E-state index is 13.5. The molecule has 200 valence electrons. The average Bonchev–Trinajstić information content (AvgIpc) is 3.75. The Kier molecular flexibility index (Phi) is 8.89. The van der Waals surface area contributed by atoms with E-state index in [0.29, 0.717) is 23.5 Å². The number of carbonyl (C=O) groups is 2. The minimum absolute atomic E-state index is 0.181. The zero-order valence-electron chi connectivity index (χ0n) is 22.1. The summed E-state index contributed by atoms with van der Waals surface area (Å²) < 4.78 is 10.8. The van der Waals surface area contributed by atoms with Gasteiger partial charge >= 0.3 is 0 Å². The van der Waals surface area contributed by atoms with Crippen molar-refractivity contribution in [3.8, 4) is 11.5 Å². The second-order valence-corrected chi connectivity index (χ2v) is 9.95. The molecule has 0 unspecified atom stereocenters. The van der Waals surface area contributed by atoms with Gasteiger partial charge in [0.25, 0.3) is 5.91 Å². The van der Waals surface area contributed by atoms with Crippen LogP contribution in [0.5, 0.6) is 11.5 Å². The molecular weight excluding hydrogens is 470 g/mol. The first kappa shape index (κ1) is 26.8. The molecule has 2 aliphatic rings. The van der Waals surface area contributed by atoms with E-state index in [0.717, 1.165) is 48.9 Å². The molecule has 37 heavy (non-hydrogen) atoms. The molecule has 2 fully saturated rings. The van der Waals surface area contributed by atoms with Crippen molar-refractivity contribution in [3.63, 3.8) is 0 Å². The van der Waals surface area contributed by atoms with Gasteiger partial charge in [-0.15, -0.1) is 0 Å². The molecule has 4 N–H and O–H groups in total. The van der Waals surface area contributed by atoms with E-state index in [1.54, 1.807) is 14.2 Å². The fourth-order valence-corrected chi connectivity index (χ4v) is 4.84. The molecule has 2 aromatic rings. The molecule has 2 aromatic carbocycles. The van der Waals surface area contributed by atoms with Crippen LogP contribution in [0.4, 0.5) is 5.69 Å². The van der Waals surface area contributed by atoms with E-state index in [2.05, 4.69) is 26.6 Å². The number of nitrogens with two attached hydrogens (primary N) is 1. The van der Waals surface area contributed by atoms with Gasteiger partial charge < -0.3 is 19.7 Å². The second-order valence-electron chi connectivity index (χ2n) is 9.95. The smallest absolute Gasteiger partial charge is 0.252 e. The van der Waals surface area contributed by atoms with Gasteiger partial charge in [-0.2, -0.15) is 0 Å². The summed E-state index contributed by atoms with van der Waals surface area (Å²) in [5.74, 6) is 6.95. The minimum atomic E-state index is -0.263. The number of benzene rings is 2. The van der Waals surface area contributed by atoms with Crippen molar-refractivity contribution in [2.45, 2.75) is 38.6 Å². The van der Waals surface area contributed by atoms with Gasteiger partial charge in [0.1, 0.15) is 0 Å². The number of aryl methyl sites for hydroxylation is 1. The topological polar surface area (TPSA) is 109 Å². The highest BCUT2D eigenvalue weighted by Crippen LogP contribution is 2.31. The van der Waals surface area contributed by atoms with Crippen LogP contribution in [-0.4, -0.2) is 63.7 Å². The Morgan fingerprint density at radius 2 is 1.76 bits per heavy atom. The number of hydrogen-bond donors (Lipinski definition) is 3. The average molecular weight is 510 g/mol. The Bertz CT molecular complexity index is 1100. The fourth-order valence-electron chi connectivity index (χ4n) is 4.84. The monoisotopic (exact) mass is 509 g/mol. The lowest BCUT2D eigenvalue weighted by molar-refractivity contribution is -0.121. The number of hydrazine groups is 1. The number of methoxy groups -OCH3 is 2. The van der Waals surface area contributed by atoms with Crippen molar-refractivity contribution < 1.29 is 19.1 Å². The van der Waals surface area contributed by atoms with Crippen molar-refractivity contribution in [3.05, 3.63) is 53.1 Å². The van der Waals surface area contributed by atoms with Gasteiger partial charge in [0.15, 0.2) is 11.5 Å². The Hall–Kier alpha value is -3.30. The predicted molar refractivity (Wildman–Crippen MR) is 144 cm³/mol. The molecule has 9 nitrogen and oxygen atoms in total. The number of amides is 2. The lowest BCUT2D eigenvalue weighted by Crippen LogP contribution is -2.47. The number of nitrogens with one attached hydrogen (secondary N) is 2. The summed E-state index contributed by atoms with van der Waals surface area (Å²) in [6.45, 7) is 7.08. The van der Waals surface area contributed by atoms with E-state index in [1.165, 1.54) is 19.4 Å². The van der Waals surface area contributed by atoms with Crippen molar-refractivity contribution in [1.29, 1.82) is 0 Å². The van der Waals surface area contributed by atoms with Crippen LogP contribution in [0.15, 0.2) is 36.4 Å². The molecule has 0 spiro atoms. The Labute approximate surface area is 219 Å². The van der Waals surface area contributed by atoms with Crippen LogP contribution in [0.1, 0.15) is 53.7 Å². The molecule has 9 heteroatoms. The van der Waals surface area contributed by atoms with Gasteiger partial charge in [-0.3, -0.25) is 19.9 Å². The lowest BCUT2D eigenvalue weighted by atomic mass is 9.99. The van der Waals surface area contributed by atoms with Gasteiger partial charge in [0.05, 0.1) is 20.3 Å². The van der Waals surface area contributed by atoms with E-state index in [9.17, 15) is 9.59 Å². The first-order valence-electron chi connectivity index (χ1n) is 13.0. The van der Waals surface area contributed by atoms with E-state index in [4.69, 9.17) is 15.3 Å². The van der Waals surface area contributed by atoms with E-state index in [-0.39, 0.29) is 24.3 Å². The van der Waals surface area contributed by atoms with Gasteiger partial charge in [-0.05, 0) is 67.5 Å². The zero-order chi connectivity index (χ0) is 26.4. The summed E-state index contributed by atoms with van der Waals surface area (Å²) >= 11 is 0. The Morgan fingerprint density at radius 3 is 2.41 bits per heavy atom. The van der Waals surface area contributed by atoms with E-state index in [1.807, 2.05) is 37.3 Å². The molecule has 1 saturated heterocycles. The van der Waals surface area contributed by atoms with Gasteiger partial charge in [-0.1, -0.05) is 12.1 Å². The molecular formula is C28H39N5O4. The normalized spacial score (nSPS) is 16.7. The fraction of sp³-hybridized carbons (Fsp3) is 0.500. The predicted octanol–water partition coefficient (Wildman–Crippen LogP) is 2.65. The third-order valence-electron chi connectivity index (χ3n) is 7.33. The maximum atomic E-state index is 13.5. The molecule has 0 radical (unpaired) electrons. The standard InChI is InChI=1S/C28H39N5O4/c1-19(22-7-10-25(36-2)26(16-22)37-3)30-28(35)24-17-23(9-6-21(24)8-11-27(34)31-29)33-14-12-32(13-15-33)18-20-4-5-20/h6-7,9-10,16-17,19-20H,4-5,8,11-15,18,29H2,1-3H3,(H,30,35)(H,31,34)/t19-/m1/s1. The first-order valence-corrected chi connectivity index (χ1v) is 13.0. The van der Waals surface area contributed by atoms with Crippen LogP contribution in [0.3, 0.4) is 0 Å². The summed E-state index contributed by atoms with van der Waals surface area (Å²) in [5.41, 5.74) is 5.49. The number of ether oxygens (including phenoxy) is 2. The van der Waals surface area contributed by atoms with Crippen LogP contribution < -0.4 is 31.0 Å². The minimum Gasteiger partial charge on any atom is -0.493 e. The van der Waals surface area contributed by atoms with Crippen molar-refractivity contribution in [2.24, 2.45) is 11.8 Å². The van der Waals surface area contributed by atoms with Gasteiger partial charge in [0, 0.05) is 50.4 Å². The number of rotatable bonds is 11. The van der Waals surface area contributed by atoms with E-state index < -0.39 is 0 Å². The first-order chi connectivity index (χ1) is 17.9. The highest BCUT2D eigenvalue weighted by atomic mass is 16.5. The van der Waals surface area contributed by atoms with Gasteiger partial charge in [-0.25, -0.2) is 5.84 Å². The third kappa shape index (κ3) is 6.93. The summed E-state index contributed by atoms with van der Waals surface area (Å²) in [6, 6.07) is 11.3. The highest BCUT2D eigenvalue weighted by molar-refractivity contribution is 5.97. The summed E-state index contributed by atoms with van der Waals surface area (Å²) in [7, 11) is 3.18. The Morgan fingerprint density at radius 1 is 1.03 bits per heavy atom. The van der Waals surface area contributed by atoms with Crippen LogP contribution in [-0.2, 0) is 11.2 Å². The number of carbonyl (C=O) groups excluding carboxylic acids is 2. The summed E-state index contributed by atoms with van der Waals surface area (Å²) in [5, 5.41) is 3.12. The molecule has 2 amide bonds.